The maximum Gasteiger partial charge on any atom is 0.258 e. The molecule has 0 atom stereocenters. The lowest BCUT2D eigenvalue weighted by molar-refractivity contribution is 0.0987. The van der Waals surface area contributed by atoms with E-state index in [1.54, 1.807) is 68.6 Å². The average Bonchev–Trinajstić information content (AvgIpc) is 3.10. The van der Waals surface area contributed by atoms with Crippen molar-refractivity contribution < 1.29 is 27.9 Å². The number of nitrogens with two attached hydrogens (primary N) is 1. The Morgan fingerprint density at radius 1 is 1.00 bits per heavy atom. The summed E-state index contributed by atoms with van der Waals surface area (Å²) in [5, 5.41) is 12.5. The zero-order valence-electron chi connectivity index (χ0n) is 26.7. The Morgan fingerprint density at radius 2 is 1.75 bits per heavy atom. The minimum absolute atomic E-state index is 0.0433. The van der Waals surface area contributed by atoms with E-state index in [0.29, 0.717) is 52.1 Å². The average molecular weight is 663 g/mol. The fraction of sp³-hybridized carbons (Fsp3) is 0.162. The molecule has 11 heteroatoms. The first-order chi connectivity index (χ1) is 23.0. The molecule has 0 aliphatic carbocycles. The van der Waals surface area contributed by atoms with Crippen LogP contribution in [0.1, 0.15) is 44.7 Å². The molecule has 48 heavy (non-hydrogen) atoms. The molecule has 0 bridgehead atoms. The van der Waals surface area contributed by atoms with Gasteiger partial charge in [0.15, 0.2) is 0 Å². The Labute approximate surface area is 279 Å². The summed E-state index contributed by atoms with van der Waals surface area (Å²) in [5.74, 6) is 5.46. The van der Waals surface area contributed by atoms with Gasteiger partial charge < -0.3 is 25.8 Å². The number of sulfone groups is 1. The molecule has 5 aromatic rings. The summed E-state index contributed by atoms with van der Waals surface area (Å²) in [6.07, 6.45) is 2.55. The van der Waals surface area contributed by atoms with Crippen LogP contribution in [0.2, 0.25) is 0 Å². The number of hydrogen-bond donors (Lipinski definition) is 3. The van der Waals surface area contributed by atoms with Gasteiger partial charge in [-0.15, -0.1) is 0 Å². The zero-order chi connectivity index (χ0) is 34.4. The van der Waals surface area contributed by atoms with Gasteiger partial charge in [0.05, 0.1) is 33.7 Å². The monoisotopic (exact) mass is 662 g/mol. The first-order valence-electron chi connectivity index (χ1n) is 15.0. The number of fused-ring (bicyclic) bond motifs is 1. The number of pyridine rings is 1. The highest BCUT2D eigenvalue weighted by Crippen LogP contribution is 2.35. The predicted molar refractivity (Wildman–Crippen MR) is 186 cm³/mol. The van der Waals surface area contributed by atoms with Gasteiger partial charge in [-0.2, -0.15) is 0 Å². The van der Waals surface area contributed by atoms with Crippen LogP contribution in [-0.2, 0) is 9.84 Å². The van der Waals surface area contributed by atoms with Crippen LogP contribution in [0.4, 0.5) is 17.1 Å². The van der Waals surface area contributed by atoms with Crippen molar-refractivity contribution in [3.05, 3.63) is 113 Å². The first kappa shape index (κ1) is 33.7. The maximum atomic E-state index is 14.1. The van der Waals surface area contributed by atoms with Crippen LogP contribution in [0.5, 0.6) is 5.75 Å². The molecular formula is C37H34N4O6S. The second-order valence-corrected chi connectivity index (χ2v) is 12.9. The van der Waals surface area contributed by atoms with E-state index < -0.39 is 21.7 Å². The largest absolute Gasteiger partial charge is 0.497 e. The number of ether oxygens (including phenoxy) is 1. The third-order valence-corrected chi connectivity index (χ3v) is 9.42. The predicted octanol–water partition coefficient (Wildman–Crippen LogP) is 5.63. The van der Waals surface area contributed by atoms with Gasteiger partial charge in [-0.25, -0.2) is 8.42 Å². The third-order valence-electron chi connectivity index (χ3n) is 7.69. The summed E-state index contributed by atoms with van der Waals surface area (Å²) in [5.41, 5.74) is 9.28. The van der Waals surface area contributed by atoms with Gasteiger partial charge >= 0.3 is 0 Å². The number of methoxy groups -OCH3 is 1. The molecule has 0 aliphatic rings. The number of hydrogen-bond acceptors (Lipinski definition) is 8. The number of aliphatic hydroxyl groups is 1. The molecule has 0 radical (unpaired) electrons. The molecule has 0 spiro atoms. The minimum atomic E-state index is -4.14. The Hall–Kier alpha value is -5.70. The van der Waals surface area contributed by atoms with E-state index in [1.807, 2.05) is 0 Å². The van der Waals surface area contributed by atoms with E-state index in [-0.39, 0.29) is 27.5 Å². The van der Waals surface area contributed by atoms with Gasteiger partial charge in [-0.05, 0) is 85.6 Å². The molecule has 1 heterocycles. The molecule has 4 aromatic carbocycles. The number of nitrogens with zero attached hydrogens (tertiary/aromatic N) is 2. The molecule has 2 amide bonds. The van der Waals surface area contributed by atoms with Crippen molar-refractivity contribution in [3.8, 4) is 17.6 Å². The van der Waals surface area contributed by atoms with Gasteiger partial charge in [0.25, 0.3) is 11.8 Å². The standard InChI is InChI=1S/C37H34N4O6S/c1-24-19-31(22-32-34(24)39-23-33(36(38)43)35(32)40-27-11-8-12-29(21-27)47-3)48(45,46)30-13-7-10-26(20-30)37(44)41(2)28-16-14-25(15-17-28)9-5-4-6-18-42/h7-8,10-17,19-23,42H,4,6,18H2,1-3H3,(H2,38,43)(H,39,40). The third kappa shape index (κ3) is 7.15. The van der Waals surface area contributed by atoms with Crippen LogP contribution in [-0.4, -0.2) is 51.1 Å². The van der Waals surface area contributed by atoms with Gasteiger partial charge in [0.2, 0.25) is 9.84 Å². The normalized spacial score (nSPS) is 11.0. The van der Waals surface area contributed by atoms with Crippen LogP contribution < -0.4 is 20.7 Å². The van der Waals surface area contributed by atoms with Gasteiger partial charge in [-0.1, -0.05) is 24.0 Å². The number of unbranched alkanes of at least 4 members (excludes halogenated alkanes) is 1. The van der Waals surface area contributed by atoms with E-state index in [4.69, 9.17) is 15.6 Å². The number of rotatable bonds is 10. The number of carbonyl (C=O) groups excluding carboxylic acids is 2. The molecule has 0 fully saturated rings. The maximum absolute atomic E-state index is 14.1. The summed E-state index contributed by atoms with van der Waals surface area (Å²) < 4.78 is 33.5. The molecule has 4 N–H and O–H groups in total. The van der Waals surface area contributed by atoms with Crippen LogP contribution >= 0.6 is 0 Å². The van der Waals surface area contributed by atoms with E-state index in [9.17, 15) is 18.0 Å². The number of carbonyl (C=O) groups is 2. The minimum Gasteiger partial charge on any atom is -0.497 e. The van der Waals surface area contributed by atoms with E-state index in [0.717, 1.165) is 5.56 Å². The molecule has 0 saturated carbocycles. The molecule has 0 unspecified atom stereocenters. The summed E-state index contributed by atoms with van der Waals surface area (Å²) >= 11 is 0. The van der Waals surface area contributed by atoms with Crippen molar-refractivity contribution >= 4 is 49.6 Å². The van der Waals surface area contributed by atoms with Gasteiger partial charge in [-0.3, -0.25) is 14.6 Å². The first-order valence-corrected chi connectivity index (χ1v) is 16.5. The molecule has 5 rings (SSSR count). The lowest BCUT2D eigenvalue weighted by atomic mass is 10.1. The second-order valence-electron chi connectivity index (χ2n) is 11.0. The number of anilines is 3. The van der Waals surface area contributed by atoms with Crippen molar-refractivity contribution in [1.29, 1.82) is 0 Å². The molecule has 1 aromatic heterocycles. The van der Waals surface area contributed by atoms with E-state index >= 15 is 0 Å². The van der Waals surface area contributed by atoms with Crippen molar-refractivity contribution in [3.63, 3.8) is 0 Å². The van der Waals surface area contributed by atoms with Crippen molar-refractivity contribution in [1.82, 2.24) is 4.98 Å². The van der Waals surface area contributed by atoms with Crippen molar-refractivity contribution in [2.75, 3.05) is 31.0 Å². The smallest absolute Gasteiger partial charge is 0.258 e. The van der Waals surface area contributed by atoms with E-state index in [1.165, 1.54) is 48.5 Å². The number of primary amides is 1. The quantitative estimate of drug-likeness (QED) is 0.129. The van der Waals surface area contributed by atoms with Crippen LogP contribution in [0.25, 0.3) is 10.9 Å². The molecule has 0 saturated heterocycles. The topological polar surface area (TPSA) is 152 Å². The Kier molecular flexibility index (Phi) is 10.1. The summed E-state index contributed by atoms with van der Waals surface area (Å²) in [6.45, 7) is 1.82. The highest BCUT2D eigenvalue weighted by molar-refractivity contribution is 7.91. The molecular weight excluding hydrogens is 628 g/mol. The zero-order valence-corrected chi connectivity index (χ0v) is 27.5. The Bertz CT molecular complexity index is 2190. The fourth-order valence-electron chi connectivity index (χ4n) is 5.11. The number of aryl methyl sites for hydroxylation is 1. The second kappa shape index (κ2) is 14.4. The SMILES string of the molecule is COc1cccc(Nc2c(C(N)=O)cnc3c(C)cc(S(=O)(=O)c4cccc(C(=O)N(C)c5ccc(C#CCCCO)cc5)c4)cc23)c1. The number of aromatic nitrogens is 1. The van der Waals surface area contributed by atoms with Crippen LogP contribution in [0.3, 0.4) is 0 Å². The summed E-state index contributed by atoms with van der Waals surface area (Å²) in [4.78, 5) is 31.7. The van der Waals surface area contributed by atoms with Crippen molar-refractivity contribution in [2.24, 2.45) is 5.73 Å². The number of amides is 2. The summed E-state index contributed by atoms with van der Waals surface area (Å²) in [7, 11) is -1.000. The Balaban J connectivity index is 1.50. The van der Waals surface area contributed by atoms with Gasteiger partial charge in [0.1, 0.15) is 5.75 Å². The molecule has 0 aliphatic heterocycles. The van der Waals surface area contributed by atoms with Gasteiger partial charge in [0, 0.05) is 60.2 Å². The lowest BCUT2D eigenvalue weighted by Gasteiger charge is -2.18. The summed E-state index contributed by atoms with van der Waals surface area (Å²) in [6, 6.07) is 23.0. The molecule has 10 nitrogen and oxygen atoms in total. The van der Waals surface area contributed by atoms with Crippen LogP contribution in [0, 0.1) is 18.8 Å². The van der Waals surface area contributed by atoms with E-state index in [2.05, 4.69) is 22.1 Å². The van der Waals surface area contributed by atoms with Crippen LogP contribution in [0.15, 0.2) is 101 Å². The lowest BCUT2D eigenvalue weighted by Crippen LogP contribution is -2.26. The highest BCUT2D eigenvalue weighted by Gasteiger charge is 2.24. The molecule has 244 valence electrons. The number of benzene rings is 4. The number of aliphatic hydroxyl groups excluding tert-OH is 1. The highest BCUT2D eigenvalue weighted by atomic mass is 32.2. The Morgan fingerprint density at radius 3 is 2.46 bits per heavy atom. The van der Waals surface area contributed by atoms with Crippen molar-refractivity contribution in [2.45, 2.75) is 29.6 Å². The fourth-order valence-corrected chi connectivity index (χ4v) is 6.53. The number of nitrogens with one attached hydrogen (secondary N) is 1.